The van der Waals surface area contributed by atoms with E-state index in [1.165, 1.54) is 0 Å². The highest BCUT2D eigenvalue weighted by atomic mass is 31.2. The standard InChI is InChI=1S/C24H23O5P/c25-24-21(17-27-23-14-8-7-13-22(23)24)18-30(26,28-15-19-9-3-1-4-10-19)29-16-20-11-5-2-6-12-20/h1-14,21H,15-18H2. The lowest BCUT2D eigenvalue weighted by Crippen LogP contribution is -2.31. The lowest BCUT2D eigenvalue weighted by Gasteiger charge is -2.27. The molecular weight excluding hydrogens is 399 g/mol. The zero-order chi connectivity index (χ0) is 20.8. The molecule has 0 radical (unpaired) electrons. The normalized spacial score (nSPS) is 16.0. The number of rotatable bonds is 8. The van der Waals surface area contributed by atoms with Gasteiger partial charge in [0.15, 0.2) is 5.78 Å². The van der Waals surface area contributed by atoms with E-state index in [0.29, 0.717) is 11.3 Å². The summed E-state index contributed by atoms with van der Waals surface area (Å²) in [6, 6.07) is 26.1. The van der Waals surface area contributed by atoms with Crippen LogP contribution in [0.4, 0.5) is 0 Å². The molecule has 0 fully saturated rings. The Morgan fingerprint density at radius 2 is 1.33 bits per heavy atom. The first kappa shape index (κ1) is 20.5. The Labute approximate surface area is 176 Å². The fraction of sp³-hybridized carbons (Fsp3) is 0.208. The van der Waals surface area contributed by atoms with E-state index in [0.717, 1.165) is 11.1 Å². The van der Waals surface area contributed by atoms with E-state index in [1.54, 1.807) is 18.2 Å². The number of carbonyl (C=O) groups excluding carboxylic acids is 1. The smallest absolute Gasteiger partial charge is 0.332 e. The molecule has 1 atom stereocenters. The number of fused-ring (bicyclic) bond motifs is 1. The lowest BCUT2D eigenvalue weighted by atomic mass is 9.97. The minimum Gasteiger partial charge on any atom is -0.492 e. The monoisotopic (exact) mass is 422 g/mol. The fourth-order valence-electron chi connectivity index (χ4n) is 3.32. The Balaban J connectivity index is 1.50. The van der Waals surface area contributed by atoms with E-state index in [2.05, 4.69) is 0 Å². The van der Waals surface area contributed by atoms with Gasteiger partial charge in [-0.3, -0.25) is 9.36 Å². The Morgan fingerprint density at radius 3 is 1.93 bits per heavy atom. The summed E-state index contributed by atoms with van der Waals surface area (Å²) in [5.41, 5.74) is 2.28. The van der Waals surface area contributed by atoms with Gasteiger partial charge in [-0.1, -0.05) is 72.8 Å². The van der Waals surface area contributed by atoms with Crippen LogP contribution < -0.4 is 4.74 Å². The molecule has 3 aromatic carbocycles. The second-order valence-electron chi connectivity index (χ2n) is 7.18. The van der Waals surface area contributed by atoms with Crippen LogP contribution in [0.1, 0.15) is 21.5 Å². The van der Waals surface area contributed by atoms with Crippen molar-refractivity contribution in [2.24, 2.45) is 5.92 Å². The molecule has 4 rings (SSSR count). The molecule has 0 saturated carbocycles. The fourth-order valence-corrected chi connectivity index (χ4v) is 5.11. The predicted octanol–water partition coefficient (Wildman–Crippen LogP) is 5.50. The third kappa shape index (κ3) is 5.06. The van der Waals surface area contributed by atoms with E-state index in [1.807, 2.05) is 66.7 Å². The van der Waals surface area contributed by atoms with Crippen molar-refractivity contribution < 1.29 is 23.1 Å². The van der Waals surface area contributed by atoms with E-state index in [9.17, 15) is 9.36 Å². The first-order valence-corrected chi connectivity index (χ1v) is 11.6. The summed E-state index contributed by atoms with van der Waals surface area (Å²) >= 11 is 0. The molecule has 1 heterocycles. The molecule has 1 unspecified atom stereocenters. The van der Waals surface area contributed by atoms with Crippen molar-refractivity contribution in [2.45, 2.75) is 13.2 Å². The molecule has 0 spiro atoms. The number of Topliss-reactive ketones (excluding diaryl/α,β-unsaturated/α-hetero) is 1. The minimum absolute atomic E-state index is 0.0279. The van der Waals surface area contributed by atoms with Crippen LogP contribution in [0.2, 0.25) is 0 Å². The molecule has 0 N–H and O–H groups in total. The third-order valence-corrected chi connectivity index (χ3v) is 6.88. The zero-order valence-corrected chi connectivity index (χ0v) is 17.4. The van der Waals surface area contributed by atoms with Crippen LogP contribution in [0, 0.1) is 5.92 Å². The molecular formula is C24H23O5P. The quantitative estimate of drug-likeness (QED) is 0.448. The average Bonchev–Trinajstić information content (AvgIpc) is 2.80. The SMILES string of the molecule is O=C1c2ccccc2OCC1CP(=O)(OCc1ccccc1)OCc1ccccc1. The summed E-state index contributed by atoms with van der Waals surface area (Å²) in [5, 5.41) is 0. The molecule has 1 aliphatic heterocycles. The molecule has 1 aliphatic rings. The van der Waals surface area contributed by atoms with Crippen molar-refractivity contribution in [1.29, 1.82) is 0 Å². The Morgan fingerprint density at radius 1 is 0.800 bits per heavy atom. The summed E-state index contributed by atoms with van der Waals surface area (Å²) in [4.78, 5) is 12.9. The number of ketones is 1. The van der Waals surface area contributed by atoms with Gasteiger partial charge in [-0.15, -0.1) is 0 Å². The molecule has 0 bridgehead atoms. The summed E-state index contributed by atoms with van der Waals surface area (Å²) < 4.78 is 31.0. The van der Waals surface area contributed by atoms with Gasteiger partial charge in [0.25, 0.3) is 0 Å². The summed E-state index contributed by atoms with van der Waals surface area (Å²) in [5.74, 6) is -0.120. The first-order chi connectivity index (χ1) is 14.6. The Bertz CT molecular complexity index is 988. The number of hydrogen-bond acceptors (Lipinski definition) is 5. The van der Waals surface area contributed by atoms with Gasteiger partial charge in [-0.25, -0.2) is 0 Å². The number of benzene rings is 3. The van der Waals surface area contributed by atoms with Gasteiger partial charge in [0.1, 0.15) is 5.75 Å². The molecule has 0 amide bonds. The first-order valence-electron chi connectivity index (χ1n) is 9.85. The highest BCUT2D eigenvalue weighted by Gasteiger charge is 2.37. The maximum atomic E-state index is 13.6. The third-order valence-electron chi connectivity index (χ3n) is 4.95. The minimum atomic E-state index is -3.57. The Hall–Kier alpha value is -2.72. The molecule has 3 aromatic rings. The van der Waals surface area contributed by atoms with Gasteiger partial charge in [0.05, 0.1) is 37.5 Å². The number of ether oxygens (including phenoxy) is 1. The molecule has 6 heteroatoms. The molecule has 154 valence electrons. The zero-order valence-electron chi connectivity index (χ0n) is 16.5. The van der Waals surface area contributed by atoms with Crippen LogP contribution in [0.5, 0.6) is 5.75 Å². The van der Waals surface area contributed by atoms with Gasteiger partial charge < -0.3 is 13.8 Å². The van der Waals surface area contributed by atoms with Crippen molar-refractivity contribution in [2.75, 3.05) is 12.8 Å². The highest BCUT2D eigenvalue weighted by molar-refractivity contribution is 7.53. The van der Waals surface area contributed by atoms with Crippen LogP contribution in [0.15, 0.2) is 84.9 Å². The van der Waals surface area contributed by atoms with Gasteiger partial charge >= 0.3 is 7.60 Å². The maximum Gasteiger partial charge on any atom is 0.332 e. The second-order valence-corrected chi connectivity index (χ2v) is 9.28. The van der Waals surface area contributed by atoms with Crippen molar-refractivity contribution in [3.63, 3.8) is 0 Å². The summed E-state index contributed by atoms with van der Waals surface area (Å²) in [6.45, 7) is 0.444. The van der Waals surface area contributed by atoms with E-state index >= 15 is 0 Å². The topological polar surface area (TPSA) is 61.8 Å². The molecule has 30 heavy (non-hydrogen) atoms. The van der Waals surface area contributed by atoms with Crippen LogP contribution in [0.3, 0.4) is 0 Å². The summed E-state index contributed by atoms with van der Waals surface area (Å²) in [7, 11) is -3.57. The van der Waals surface area contributed by atoms with Crippen molar-refractivity contribution in [3.05, 3.63) is 102 Å². The Kier molecular flexibility index (Phi) is 6.44. The average molecular weight is 422 g/mol. The van der Waals surface area contributed by atoms with Gasteiger partial charge in [0, 0.05) is 0 Å². The second kappa shape index (κ2) is 9.40. The molecule has 5 nitrogen and oxygen atoms in total. The number of hydrogen-bond donors (Lipinski definition) is 0. The lowest BCUT2D eigenvalue weighted by molar-refractivity contribution is 0.0837. The van der Waals surface area contributed by atoms with Gasteiger partial charge in [-0.05, 0) is 23.3 Å². The van der Waals surface area contributed by atoms with Crippen LogP contribution in [0.25, 0.3) is 0 Å². The van der Waals surface area contributed by atoms with E-state index in [4.69, 9.17) is 13.8 Å². The predicted molar refractivity (Wildman–Crippen MR) is 115 cm³/mol. The maximum absolute atomic E-state index is 13.6. The van der Waals surface area contributed by atoms with E-state index in [-0.39, 0.29) is 31.8 Å². The van der Waals surface area contributed by atoms with Gasteiger partial charge in [-0.2, -0.15) is 0 Å². The molecule has 0 aromatic heterocycles. The molecule has 0 saturated heterocycles. The summed E-state index contributed by atoms with van der Waals surface area (Å²) in [6.07, 6.45) is -0.0279. The van der Waals surface area contributed by atoms with Crippen LogP contribution in [-0.2, 0) is 26.8 Å². The van der Waals surface area contributed by atoms with Crippen molar-refractivity contribution in [3.8, 4) is 5.75 Å². The number of para-hydroxylation sites is 1. The highest BCUT2D eigenvalue weighted by Crippen LogP contribution is 2.52. The van der Waals surface area contributed by atoms with E-state index < -0.39 is 13.5 Å². The van der Waals surface area contributed by atoms with Crippen LogP contribution in [-0.4, -0.2) is 18.6 Å². The van der Waals surface area contributed by atoms with Crippen molar-refractivity contribution in [1.82, 2.24) is 0 Å². The number of carbonyl (C=O) groups is 1. The van der Waals surface area contributed by atoms with Crippen molar-refractivity contribution >= 4 is 13.4 Å². The largest absolute Gasteiger partial charge is 0.492 e. The van der Waals surface area contributed by atoms with Crippen LogP contribution >= 0.6 is 7.60 Å². The molecule has 0 aliphatic carbocycles. The van der Waals surface area contributed by atoms with Gasteiger partial charge in [0.2, 0.25) is 0 Å².